The molecule has 1 aromatic carbocycles. The van der Waals surface area contributed by atoms with Crippen molar-refractivity contribution in [1.29, 1.82) is 0 Å². The van der Waals surface area contributed by atoms with Gasteiger partial charge in [-0.15, -0.1) is 0 Å². The molecule has 0 aliphatic carbocycles. The van der Waals surface area contributed by atoms with E-state index < -0.39 is 17.7 Å². The third-order valence-corrected chi connectivity index (χ3v) is 2.64. The molecule has 7 nitrogen and oxygen atoms in total. The molecule has 2 N–H and O–H groups in total. The van der Waals surface area contributed by atoms with Gasteiger partial charge in [0.05, 0.1) is 5.69 Å². The number of carbonyl (C=O) groups is 2. The van der Waals surface area contributed by atoms with Crippen LogP contribution < -0.4 is 10.1 Å². The van der Waals surface area contributed by atoms with Gasteiger partial charge in [0.15, 0.2) is 6.79 Å². The summed E-state index contributed by atoms with van der Waals surface area (Å²) in [5.41, 5.74) is 0.542. The SMILES string of the molecule is COCOc1ccc(CCC(=O)O)cc1NC(=O)OC(C)(C)C. The van der Waals surface area contributed by atoms with E-state index in [2.05, 4.69) is 5.32 Å². The highest BCUT2D eigenvalue weighted by Crippen LogP contribution is 2.27. The van der Waals surface area contributed by atoms with Gasteiger partial charge in [0.1, 0.15) is 11.4 Å². The quantitative estimate of drug-likeness (QED) is 0.748. The van der Waals surface area contributed by atoms with Crippen LogP contribution in [0.1, 0.15) is 32.8 Å². The zero-order valence-corrected chi connectivity index (χ0v) is 13.8. The van der Waals surface area contributed by atoms with Crippen LogP contribution in [0.25, 0.3) is 0 Å². The minimum atomic E-state index is -0.883. The second kappa shape index (κ2) is 8.38. The first-order chi connectivity index (χ1) is 10.7. The molecule has 0 saturated heterocycles. The first kappa shape index (κ1) is 18.8. The molecule has 0 heterocycles. The lowest BCUT2D eigenvalue weighted by molar-refractivity contribution is -0.136. The Hall–Kier alpha value is -2.28. The van der Waals surface area contributed by atoms with Gasteiger partial charge in [0.25, 0.3) is 0 Å². The van der Waals surface area contributed by atoms with Crippen LogP contribution in [0.15, 0.2) is 18.2 Å². The van der Waals surface area contributed by atoms with E-state index in [0.29, 0.717) is 17.9 Å². The zero-order chi connectivity index (χ0) is 17.5. The van der Waals surface area contributed by atoms with Crippen LogP contribution >= 0.6 is 0 Å². The Bertz CT molecular complexity index is 550. The van der Waals surface area contributed by atoms with E-state index in [0.717, 1.165) is 5.56 Å². The van der Waals surface area contributed by atoms with Crippen molar-refractivity contribution in [3.05, 3.63) is 23.8 Å². The van der Waals surface area contributed by atoms with Gasteiger partial charge in [-0.25, -0.2) is 4.79 Å². The van der Waals surface area contributed by atoms with Gasteiger partial charge in [-0.2, -0.15) is 0 Å². The summed E-state index contributed by atoms with van der Waals surface area (Å²) in [4.78, 5) is 22.6. The topological polar surface area (TPSA) is 94.1 Å². The Labute approximate surface area is 135 Å². The highest BCUT2D eigenvalue weighted by molar-refractivity contribution is 5.87. The Balaban J connectivity index is 2.90. The molecule has 0 unspecified atom stereocenters. The normalized spacial score (nSPS) is 11.0. The number of rotatable bonds is 7. The summed E-state index contributed by atoms with van der Waals surface area (Å²) >= 11 is 0. The second-order valence-corrected chi connectivity index (χ2v) is 5.90. The molecule has 0 radical (unpaired) electrons. The van der Waals surface area contributed by atoms with E-state index in [1.54, 1.807) is 39.0 Å². The highest BCUT2D eigenvalue weighted by atomic mass is 16.7. The van der Waals surface area contributed by atoms with Crippen LogP contribution in [0, 0.1) is 0 Å². The van der Waals surface area contributed by atoms with Crippen molar-refractivity contribution in [3.63, 3.8) is 0 Å². The Morgan fingerprint density at radius 2 is 1.96 bits per heavy atom. The standard InChI is InChI=1S/C16H23NO6/c1-16(2,3)23-15(20)17-12-9-11(6-8-14(18)19)5-7-13(12)22-10-21-4/h5,7,9H,6,8,10H2,1-4H3,(H,17,20)(H,18,19). The number of carboxylic acids is 1. The molecule has 23 heavy (non-hydrogen) atoms. The summed E-state index contributed by atoms with van der Waals surface area (Å²) in [7, 11) is 1.49. The van der Waals surface area contributed by atoms with Gasteiger partial charge < -0.3 is 19.3 Å². The van der Waals surface area contributed by atoms with Crippen molar-refractivity contribution in [3.8, 4) is 5.75 Å². The predicted molar refractivity (Wildman–Crippen MR) is 84.8 cm³/mol. The van der Waals surface area contributed by atoms with Crippen LogP contribution in [0.5, 0.6) is 5.75 Å². The number of benzene rings is 1. The molecule has 0 fully saturated rings. The minimum absolute atomic E-state index is 0.00412. The number of carboxylic acid groups (broad SMARTS) is 1. The molecule has 0 saturated carbocycles. The Morgan fingerprint density at radius 3 is 2.52 bits per heavy atom. The van der Waals surface area contributed by atoms with Crippen molar-refractivity contribution in [2.24, 2.45) is 0 Å². The second-order valence-electron chi connectivity index (χ2n) is 5.90. The van der Waals surface area contributed by atoms with Gasteiger partial charge in [-0.1, -0.05) is 6.07 Å². The number of carbonyl (C=O) groups excluding carboxylic acids is 1. The highest BCUT2D eigenvalue weighted by Gasteiger charge is 2.18. The van der Waals surface area contributed by atoms with Gasteiger partial charge in [0.2, 0.25) is 0 Å². The van der Waals surface area contributed by atoms with Crippen molar-refractivity contribution in [2.75, 3.05) is 19.2 Å². The van der Waals surface area contributed by atoms with Gasteiger partial charge in [0, 0.05) is 13.5 Å². The number of hydrogen-bond acceptors (Lipinski definition) is 5. The lowest BCUT2D eigenvalue weighted by Crippen LogP contribution is -2.27. The van der Waals surface area contributed by atoms with E-state index in [9.17, 15) is 9.59 Å². The van der Waals surface area contributed by atoms with Crippen LogP contribution in [0.4, 0.5) is 10.5 Å². The number of methoxy groups -OCH3 is 1. The van der Waals surface area contributed by atoms with Crippen LogP contribution in [0.3, 0.4) is 0 Å². The van der Waals surface area contributed by atoms with Gasteiger partial charge in [-0.05, 0) is 44.9 Å². The van der Waals surface area contributed by atoms with Crippen molar-refractivity contribution in [1.82, 2.24) is 0 Å². The fourth-order valence-electron chi connectivity index (χ4n) is 1.74. The number of amides is 1. The van der Waals surface area contributed by atoms with E-state index in [-0.39, 0.29) is 13.2 Å². The Kier molecular flexibility index (Phi) is 6.84. The van der Waals surface area contributed by atoms with Crippen molar-refractivity contribution in [2.45, 2.75) is 39.2 Å². The lowest BCUT2D eigenvalue weighted by Gasteiger charge is -2.20. The van der Waals surface area contributed by atoms with Crippen LogP contribution in [-0.2, 0) is 20.7 Å². The molecule has 7 heteroatoms. The summed E-state index contributed by atoms with van der Waals surface area (Å²) in [6.45, 7) is 5.31. The zero-order valence-electron chi connectivity index (χ0n) is 13.8. The average Bonchev–Trinajstić information content (AvgIpc) is 2.42. The van der Waals surface area contributed by atoms with Gasteiger partial charge in [-0.3, -0.25) is 10.1 Å². The third kappa shape index (κ3) is 7.51. The van der Waals surface area contributed by atoms with Crippen molar-refractivity contribution >= 4 is 17.7 Å². The lowest BCUT2D eigenvalue weighted by atomic mass is 10.1. The summed E-state index contributed by atoms with van der Waals surface area (Å²) in [5.74, 6) is -0.469. The first-order valence-corrected chi connectivity index (χ1v) is 7.17. The third-order valence-electron chi connectivity index (χ3n) is 2.64. The number of ether oxygens (including phenoxy) is 3. The van der Waals surface area contributed by atoms with Crippen molar-refractivity contribution < 1.29 is 28.9 Å². The molecule has 1 amide bonds. The largest absolute Gasteiger partial charge is 0.481 e. The fourth-order valence-corrected chi connectivity index (χ4v) is 1.74. The summed E-state index contributed by atoms with van der Waals surface area (Å²) in [6.07, 6.45) is -0.261. The molecule has 0 atom stereocenters. The summed E-state index contributed by atoms with van der Waals surface area (Å²) in [5, 5.41) is 11.4. The smallest absolute Gasteiger partial charge is 0.412 e. The monoisotopic (exact) mass is 325 g/mol. The maximum absolute atomic E-state index is 11.9. The van der Waals surface area contributed by atoms with Crippen LogP contribution in [-0.4, -0.2) is 36.7 Å². The molecule has 0 spiro atoms. The molecular weight excluding hydrogens is 302 g/mol. The molecule has 1 aromatic rings. The van der Waals surface area contributed by atoms with E-state index >= 15 is 0 Å². The molecule has 0 bridgehead atoms. The maximum atomic E-state index is 11.9. The summed E-state index contributed by atoms with van der Waals surface area (Å²) < 4.78 is 15.4. The van der Waals surface area contributed by atoms with Crippen LogP contribution in [0.2, 0.25) is 0 Å². The molecule has 0 aliphatic heterocycles. The predicted octanol–water partition coefficient (Wildman–Crippen LogP) is 3.03. The molecule has 1 rings (SSSR count). The number of nitrogens with one attached hydrogen (secondary N) is 1. The molecular formula is C16H23NO6. The number of aryl methyl sites for hydroxylation is 1. The fraction of sp³-hybridized carbons (Fsp3) is 0.500. The number of hydrogen-bond donors (Lipinski definition) is 2. The van der Waals surface area contributed by atoms with E-state index in [1.807, 2.05) is 0 Å². The molecule has 128 valence electrons. The van der Waals surface area contributed by atoms with E-state index in [4.69, 9.17) is 19.3 Å². The first-order valence-electron chi connectivity index (χ1n) is 7.17. The maximum Gasteiger partial charge on any atom is 0.412 e. The Morgan fingerprint density at radius 1 is 1.26 bits per heavy atom. The van der Waals surface area contributed by atoms with E-state index in [1.165, 1.54) is 7.11 Å². The molecule has 0 aliphatic rings. The number of aliphatic carboxylic acids is 1. The number of anilines is 1. The van der Waals surface area contributed by atoms with Gasteiger partial charge >= 0.3 is 12.1 Å². The minimum Gasteiger partial charge on any atom is -0.481 e. The summed E-state index contributed by atoms with van der Waals surface area (Å²) in [6, 6.07) is 5.06. The average molecular weight is 325 g/mol. The molecule has 0 aromatic heterocycles.